The molecule has 1 aliphatic heterocycles. The zero-order valence-electron chi connectivity index (χ0n) is 10.2. The van der Waals surface area contributed by atoms with Crippen molar-refractivity contribution in [2.24, 2.45) is 0 Å². The standard InChI is InChI=1S/C13H22N2O/c1-3-5-9-13(16)15(4-2)11-12-8-6-7-10-14-12/h1,12,14H,4-11H2,2H3. The van der Waals surface area contributed by atoms with Crippen LogP contribution in [0.2, 0.25) is 0 Å². The molecule has 1 aliphatic rings. The first-order valence-corrected chi connectivity index (χ1v) is 6.22. The lowest BCUT2D eigenvalue weighted by Crippen LogP contribution is -2.45. The van der Waals surface area contributed by atoms with Crippen LogP contribution in [-0.4, -0.2) is 36.5 Å². The molecule has 1 atom stereocenters. The highest BCUT2D eigenvalue weighted by atomic mass is 16.2. The Morgan fingerprint density at radius 2 is 2.38 bits per heavy atom. The van der Waals surface area contributed by atoms with Crippen molar-refractivity contribution in [3.05, 3.63) is 0 Å². The van der Waals surface area contributed by atoms with Gasteiger partial charge in [-0.2, -0.15) is 0 Å². The van der Waals surface area contributed by atoms with Crippen LogP contribution < -0.4 is 5.32 Å². The fourth-order valence-corrected chi connectivity index (χ4v) is 2.09. The van der Waals surface area contributed by atoms with Crippen molar-refractivity contribution in [1.29, 1.82) is 0 Å². The van der Waals surface area contributed by atoms with Gasteiger partial charge in [-0.25, -0.2) is 0 Å². The van der Waals surface area contributed by atoms with Gasteiger partial charge in [-0.3, -0.25) is 4.79 Å². The summed E-state index contributed by atoms with van der Waals surface area (Å²) in [5.74, 6) is 2.71. The summed E-state index contributed by atoms with van der Waals surface area (Å²) in [5, 5.41) is 3.46. The maximum absolute atomic E-state index is 11.8. The Kier molecular flexibility index (Phi) is 5.95. The Labute approximate surface area is 98.6 Å². The zero-order chi connectivity index (χ0) is 11.8. The van der Waals surface area contributed by atoms with Gasteiger partial charge in [0.1, 0.15) is 0 Å². The number of nitrogens with one attached hydrogen (secondary N) is 1. The van der Waals surface area contributed by atoms with Gasteiger partial charge in [-0.1, -0.05) is 6.42 Å². The number of amides is 1. The molecule has 1 unspecified atom stereocenters. The smallest absolute Gasteiger partial charge is 0.223 e. The average Bonchev–Trinajstić information content (AvgIpc) is 2.34. The molecule has 1 heterocycles. The second-order valence-electron chi connectivity index (χ2n) is 4.28. The van der Waals surface area contributed by atoms with Crippen LogP contribution in [-0.2, 0) is 4.79 Å². The molecule has 3 nitrogen and oxygen atoms in total. The number of hydrogen-bond acceptors (Lipinski definition) is 2. The molecular formula is C13H22N2O. The number of hydrogen-bond donors (Lipinski definition) is 1. The Bertz CT molecular complexity index is 251. The van der Waals surface area contributed by atoms with Gasteiger partial charge in [0, 0.05) is 32.0 Å². The van der Waals surface area contributed by atoms with E-state index in [0.29, 0.717) is 18.9 Å². The van der Waals surface area contributed by atoms with E-state index in [9.17, 15) is 4.79 Å². The van der Waals surface area contributed by atoms with E-state index in [2.05, 4.69) is 11.2 Å². The van der Waals surface area contributed by atoms with Crippen molar-refractivity contribution in [2.75, 3.05) is 19.6 Å². The first-order chi connectivity index (χ1) is 7.77. The van der Waals surface area contributed by atoms with Crippen molar-refractivity contribution in [1.82, 2.24) is 10.2 Å². The van der Waals surface area contributed by atoms with Crippen LogP contribution >= 0.6 is 0 Å². The maximum atomic E-state index is 11.8. The molecule has 1 amide bonds. The normalized spacial score (nSPS) is 20.1. The van der Waals surface area contributed by atoms with Gasteiger partial charge in [0.2, 0.25) is 5.91 Å². The van der Waals surface area contributed by atoms with Crippen LogP contribution in [0, 0.1) is 12.3 Å². The van der Waals surface area contributed by atoms with Crippen molar-refractivity contribution in [3.63, 3.8) is 0 Å². The number of rotatable bonds is 5. The lowest BCUT2D eigenvalue weighted by molar-refractivity contribution is -0.131. The highest BCUT2D eigenvalue weighted by molar-refractivity contribution is 5.76. The second-order valence-corrected chi connectivity index (χ2v) is 4.28. The van der Waals surface area contributed by atoms with Crippen LogP contribution in [0.4, 0.5) is 0 Å². The molecule has 0 radical (unpaired) electrons. The summed E-state index contributed by atoms with van der Waals surface area (Å²) < 4.78 is 0. The number of likely N-dealkylation sites (N-methyl/N-ethyl adjacent to an activating group) is 1. The first kappa shape index (κ1) is 13.1. The highest BCUT2D eigenvalue weighted by Crippen LogP contribution is 2.09. The summed E-state index contributed by atoms with van der Waals surface area (Å²) in [6.45, 7) is 4.72. The van der Waals surface area contributed by atoms with Gasteiger partial charge in [-0.05, 0) is 26.3 Å². The number of terminal acetylenes is 1. The van der Waals surface area contributed by atoms with Crippen molar-refractivity contribution < 1.29 is 4.79 Å². The van der Waals surface area contributed by atoms with E-state index in [1.807, 2.05) is 11.8 Å². The predicted molar refractivity (Wildman–Crippen MR) is 66.0 cm³/mol. The van der Waals surface area contributed by atoms with E-state index in [0.717, 1.165) is 19.6 Å². The molecule has 1 rings (SSSR count). The first-order valence-electron chi connectivity index (χ1n) is 6.22. The molecule has 1 N–H and O–H groups in total. The molecule has 0 spiro atoms. The summed E-state index contributed by atoms with van der Waals surface area (Å²) in [6.07, 6.45) is 9.91. The maximum Gasteiger partial charge on any atom is 0.223 e. The zero-order valence-corrected chi connectivity index (χ0v) is 10.2. The average molecular weight is 222 g/mol. The van der Waals surface area contributed by atoms with Crippen molar-refractivity contribution >= 4 is 5.91 Å². The molecule has 1 fully saturated rings. The van der Waals surface area contributed by atoms with Gasteiger partial charge < -0.3 is 10.2 Å². The van der Waals surface area contributed by atoms with Gasteiger partial charge in [0.05, 0.1) is 0 Å². The third kappa shape index (κ3) is 4.24. The second kappa shape index (κ2) is 7.29. The monoisotopic (exact) mass is 222 g/mol. The third-order valence-electron chi connectivity index (χ3n) is 3.07. The highest BCUT2D eigenvalue weighted by Gasteiger charge is 2.18. The van der Waals surface area contributed by atoms with E-state index < -0.39 is 0 Å². The fraction of sp³-hybridized carbons (Fsp3) is 0.769. The lowest BCUT2D eigenvalue weighted by Gasteiger charge is -2.30. The van der Waals surface area contributed by atoms with E-state index in [1.165, 1.54) is 19.3 Å². The Hall–Kier alpha value is -1.01. The molecule has 0 saturated carbocycles. The van der Waals surface area contributed by atoms with Crippen molar-refractivity contribution in [2.45, 2.75) is 45.1 Å². The molecular weight excluding hydrogens is 200 g/mol. The fourth-order valence-electron chi connectivity index (χ4n) is 2.09. The molecule has 0 aliphatic carbocycles. The number of carbonyl (C=O) groups is 1. The Morgan fingerprint density at radius 3 is 2.94 bits per heavy atom. The number of carbonyl (C=O) groups excluding carboxylic acids is 1. The van der Waals surface area contributed by atoms with E-state index >= 15 is 0 Å². The minimum Gasteiger partial charge on any atom is -0.341 e. The topological polar surface area (TPSA) is 32.3 Å². The van der Waals surface area contributed by atoms with Gasteiger partial charge in [0.15, 0.2) is 0 Å². The summed E-state index contributed by atoms with van der Waals surface area (Å²) in [6, 6.07) is 0.475. The SMILES string of the molecule is C#CCCC(=O)N(CC)CC1CCCCN1. The molecule has 0 aromatic carbocycles. The van der Waals surface area contributed by atoms with E-state index in [4.69, 9.17) is 6.42 Å². The summed E-state index contributed by atoms with van der Waals surface area (Å²) in [4.78, 5) is 13.7. The number of nitrogens with zero attached hydrogens (tertiary/aromatic N) is 1. The molecule has 0 aromatic heterocycles. The van der Waals surface area contributed by atoms with Gasteiger partial charge in [0.25, 0.3) is 0 Å². The third-order valence-corrected chi connectivity index (χ3v) is 3.07. The minimum atomic E-state index is 0.188. The predicted octanol–water partition coefficient (Wildman–Crippen LogP) is 1.39. The molecule has 0 aromatic rings. The lowest BCUT2D eigenvalue weighted by atomic mass is 10.0. The summed E-state index contributed by atoms with van der Waals surface area (Å²) in [7, 11) is 0. The Balaban J connectivity index is 2.35. The number of piperidine rings is 1. The summed E-state index contributed by atoms with van der Waals surface area (Å²) in [5.41, 5.74) is 0. The minimum absolute atomic E-state index is 0.188. The van der Waals surface area contributed by atoms with E-state index in [-0.39, 0.29) is 5.91 Å². The molecule has 0 bridgehead atoms. The molecule has 16 heavy (non-hydrogen) atoms. The van der Waals surface area contributed by atoms with E-state index in [1.54, 1.807) is 0 Å². The van der Waals surface area contributed by atoms with Crippen LogP contribution in [0.5, 0.6) is 0 Å². The van der Waals surface area contributed by atoms with Crippen LogP contribution in [0.1, 0.15) is 39.0 Å². The summed E-state index contributed by atoms with van der Waals surface area (Å²) >= 11 is 0. The molecule has 1 saturated heterocycles. The Morgan fingerprint density at radius 1 is 1.56 bits per heavy atom. The largest absolute Gasteiger partial charge is 0.341 e. The molecule has 90 valence electrons. The van der Waals surface area contributed by atoms with Gasteiger partial charge in [-0.15, -0.1) is 12.3 Å². The van der Waals surface area contributed by atoms with Gasteiger partial charge >= 0.3 is 0 Å². The quantitative estimate of drug-likeness (QED) is 0.713. The molecule has 3 heteroatoms. The van der Waals surface area contributed by atoms with Crippen LogP contribution in [0.25, 0.3) is 0 Å². The van der Waals surface area contributed by atoms with Crippen molar-refractivity contribution in [3.8, 4) is 12.3 Å². The van der Waals surface area contributed by atoms with Crippen LogP contribution in [0.15, 0.2) is 0 Å². The van der Waals surface area contributed by atoms with Crippen LogP contribution in [0.3, 0.4) is 0 Å².